The summed E-state index contributed by atoms with van der Waals surface area (Å²) in [4.78, 5) is 21.3. The minimum Gasteiger partial charge on any atom is -0.371 e. The fourth-order valence-electron chi connectivity index (χ4n) is 3.65. The molecule has 0 saturated carbocycles. The monoisotopic (exact) mass is 315 g/mol. The number of hydrogen-bond donors (Lipinski definition) is 0. The number of amides is 1. The summed E-state index contributed by atoms with van der Waals surface area (Å²) in [5.74, 6) is 1.26. The van der Waals surface area contributed by atoms with Gasteiger partial charge in [-0.05, 0) is 42.7 Å². The molecule has 0 unspecified atom stereocenters. The molecule has 4 nitrogen and oxygen atoms in total. The number of carbonyl (C=O) groups is 1. The molecule has 126 valence electrons. The molecule has 2 aliphatic heterocycles. The van der Waals surface area contributed by atoms with Gasteiger partial charge in [0.15, 0.2) is 0 Å². The normalized spacial score (nSPS) is 20.5. The Morgan fingerprint density at radius 3 is 2.43 bits per heavy atom. The molecule has 2 fully saturated rings. The molecule has 4 heteroatoms. The Labute approximate surface area is 139 Å². The smallest absolute Gasteiger partial charge is 0.225 e. The third-order valence-corrected chi connectivity index (χ3v) is 5.59. The van der Waals surface area contributed by atoms with Gasteiger partial charge in [0.1, 0.15) is 0 Å². The fraction of sp³-hybridized carbons (Fsp3) is 0.684. The second-order valence-corrected chi connectivity index (χ2v) is 8.23. The van der Waals surface area contributed by atoms with Crippen molar-refractivity contribution in [2.75, 3.05) is 31.1 Å². The van der Waals surface area contributed by atoms with Crippen LogP contribution in [0.5, 0.6) is 0 Å². The average molecular weight is 315 g/mol. The van der Waals surface area contributed by atoms with E-state index in [0.29, 0.717) is 17.2 Å². The maximum Gasteiger partial charge on any atom is 0.225 e. The van der Waals surface area contributed by atoms with Crippen LogP contribution < -0.4 is 4.90 Å². The molecule has 1 amide bonds. The SMILES string of the molecule is Cc1cnccc1N1CCC(C(=O)N2CC(C(C)(C)C)C2)CC1. The molecule has 1 aromatic rings. The van der Waals surface area contributed by atoms with E-state index in [1.165, 1.54) is 11.3 Å². The van der Waals surface area contributed by atoms with Crippen molar-refractivity contribution in [1.29, 1.82) is 0 Å². The molecule has 0 spiro atoms. The van der Waals surface area contributed by atoms with Gasteiger partial charge in [0.2, 0.25) is 5.91 Å². The third kappa shape index (κ3) is 3.36. The lowest BCUT2D eigenvalue weighted by Crippen LogP contribution is -2.56. The first-order valence-electron chi connectivity index (χ1n) is 8.80. The van der Waals surface area contributed by atoms with Crippen LogP contribution in [-0.2, 0) is 4.79 Å². The Morgan fingerprint density at radius 1 is 1.22 bits per heavy atom. The molecule has 2 saturated heterocycles. The molecule has 0 radical (unpaired) electrons. The van der Waals surface area contributed by atoms with Crippen LogP contribution in [0.2, 0.25) is 0 Å². The van der Waals surface area contributed by atoms with Gasteiger partial charge in [-0.3, -0.25) is 9.78 Å². The maximum atomic E-state index is 12.7. The maximum absolute atomic E-state index is 12.7. The van der Waals surface area contributed by atoms with Crippen LogP contribution in [0.1, 0.15) is 39.2 Å². The first-order chi connectivity index (χ1) is 10.9. The van der Waals surface area contributed by atoms with Crippen LogP contribution >= 0.6 is 0 Å². The summed E-state index contributed by atoms with van der Waals surface area (Å²) >= 11 is 0. The number of hydrogen-bond acceptors (Lipinski definition) is 3. The Kier molecular flexibility index (Phi) is 4.35. The number of anilines is 1. The molecule has 23 heavy (non-hydrogen) atoms. The van der Waals surface area contributed by atoms with Crippen LogP contribution in [0.3, 0.4) is 0 Å². The molecule has 0 bridgehead atoms. The molecule has 0 aliphatic carbocycles. The van der Waals surface area contributed by atoms with E-state index in [1.54, 1.807) is 0 Å². The minimum absolute atomic E-state index is 0.217. The van der Waals surface area contributed by atoms with Crippen LogP contribution in [-0.4, -0.2) is 42.0 Å². The number of carbonyl (C=O) groups excluding carboxylic acids is 1. The Bertz CT molecular complexity index is 564. The summed E-state index contributed by atoms with van der Waals surface area (Å²) in [5, 5.41) is 0. The number of likely N-dealkylation sites (tertiary alicyclic amines) is 1. The molecular formula is C19H29N3O. The van der Waals surface area contributed by atoms with Crippen molar-refractivity contribution in [2.24, 2.45) is 17.3 Å². The minimum atomic E-state index is 0.217. The van der Waals surface area contributed by atoms with Crippen molar-refractivity contribution in [1.82, 2.24) is 9.88 Å². The highest BCUT2D eigenvalue weighted by molar-refractivity contribution is 5.80. The molecule has 3 heterocycles. The van der Waals surface area contributed by atoms with Gasteiger partial charge in [0, 0.05) is 50.2 Å². The van der Waals surface area contributed by atoms with Gasteiger partial charge < -0.3 is 9.80 Å². The molecule has 1 aromatic heterocycles. The van der Waals surface area contributed by atoms with Gasteiger partial charge in [-0.25, -0.2) is 0 Å². The first-order valence-corrected chi connectivity index (χ1v) is 8.80. The zero-order valence-corrected chi connectivity index (χ0v) is 14.9. The number of nitrogens with zero attached hydrogens (tertiary/aromatic N) is 3. The van der Waals surface area contributed by atoms with Gasteiger partial charge in [0.05, 0.1) is 0 Å². The van der Waals surface area contributed by atoms with E-state index >= 15 is 0 Å². The van der Waals surface area contributed by atoms with E-state index in [2.05, 4.69) is 48.5 Å². The predicted octanol–water partition coefficient (Wildman–Crippen LogP) is 3.11. The highest BCUT2D eigenvalue weighted by Gasteiger charge is 2.40. The second-order valence-electron chi connectivity index (χ2n) is 8.23. The fourth-order valence-corrected chi connectivity index (χ4v) is 3.65. The van der Waals surface area contributed by atoms with E-state index in [1.807, 2.05) is 12.4 Å². The molecular weight excluding hydrogens is 286 g/mol. The van der Waals surface area contributed by atoms with Crippen molar-refractivity contribution in [3.63, 3.8) is 0 Å². The lowest BCUT2D eigenvalue weighted by molar-refractivity contribution is -0.145. The van der Waals surface area contributed by atoms with Gasteiger partial charge in [0.25, 0.3) is 0 Å². The van der Waals surface area contributed by atoms with Gasteiger partial charge in [-0.2, -0.15) is 0 Å². The molecule has 0 atom stereocenters. The molecule has 3 rings (SSSR count). The van der Waals surface area contributed by atoms with Gasteiger partial charge >= 0.3 is 0 Å². The standard InChI is InChI=1S/C19H29N3O/c1-14-11-20-8-5-17(14)21-9-6-15(7-10-21)18(23)22-12-16(13-22)19(2,3)4/h5,8,11,15-16H,6-7,9-10,12-13H2,1-4H3. The van der Waals surface area contributed by atoms with Crippen LogP contribution in [0.25, 0.3) is 0 Å². The van der Waals surface area contributed by atoms with E-state index < -0.39 is 0 Å². The van der Waals surface area contributed by atoms with Crippen molar-refractivity contribution < 1.29 is 4.79 Å². The van der Waals surface area contributed by atoms with E-state index in [0.717, 1.165) is 39.0 Å². The van der Waals surface area contributed by atoms with E-state index in [4.69, 9.17) is 0 Å². The number of aromatic nitrogens is 1. The first kappa shape index (κ1) is 16.3. The molecule has 0 aromatic carbocycles. The van der Waals surface area contributed by atoms with Crippen LogP contribution in [0.15, 0.2) is 18.5 Å². The second kappa shape index (κ2) is 6.14. The Hall–Kier alpha value is -1.58. The van der Waals surface area contributed by atoms with Crippen molar-refractivity contribution in [3.05, 3.63) is 24.0 Å². The lowest BCUT2D eigenvalue weighted by Gasteiger charge is -2.48. The van der Waals surface area contributed by atoms with E-state index in [9.17, 15) is 4.79 Å². The summed E-state index contributed by atoms with van der Waals surface area (Å²) in [7, 11) is 0. The van der Waals surface area contributed by atoms with E-state index in [-0.39, 0.29) is 5.92 Å². The molecule has 0 N–H and O–H groups in total. The van der Waals surface area contributed by atoms with Crippen LogP contribution in [0, 0.1) is 24.2 Å². The Balaban J connectivity index is 1.52. The third-order valence-electron chi connectivity index (χ3n) is 5.59. The summed E-state index contributed by atoms with van der Waals surface area (Å²) in [5.41, 5.74) is 2.80. The number of pyridine rings is 1. The zero-order valence-electron chi connectivity index (χ0n) is 14.9. The topological polar surface area (TPSA) is 36.4 Å². The average Bonchev–Trinajstić information content (AvgIpc) is 2.45. The number of piperidine rings is 1. The van der Waals surface area contributed by atoms with Crippen molar-refractivity contribution in [3.8, 4) is 0 Å². The van der Waals surface area contributed by atoms with Gasteiger partial charge in [-0.1, -0.05) is 20.8 Å². The van der Waals surface area contributed by atoms with Crippen LogP contribution in [0.4, 0.5) is 5.69 Å². The summed E-state index contributed by atoms with van der Waals surface area (Å²) in [6.45, 7) is 12.8. The molecule has 2 aliphatic rings. The largest absolute Gasteiger partial charge is 0.371 e. The zero-order chi connectivity index (χ0) is 16.6. The van der Waals surface area contributed by atoms with Gasteiger partial charge in [-0.15, -0.1) is 0 Å². The highest BCUT2D eigenvalue weighted by atomic mass is 16.2. The number of aryl methyl sites for hydroxylation is 1. The summed E-state index contributed by atoms with van der Waals surface area (Å²) in [6, 6.07) is 2.08. The lowest BCUT2D eigenvalue weighted by atomic mass is 9.75. The Morgan fingerprint density at radius 2 is 1.87 bits per heavy atom. The quantitative estimate of drug-likeness (QED) is 0.841. The van der Waals surface area contributed by atoms with Crippen molar-refractivity contribution >= 4 is 11.6 Å². The summed E-state index contributed by atoms with van der Waals surface area (Å²) in [6.07, 6.45) is 5.71. The highest BCUT2D eigenvalue weighted by Crippen LogP contribution is 2.35. The predicted molar refractivity (Wildman–Crippen MR) is 93.4 cm³/mol. The summed E-state index contributed by atoms with van der Waals surface area (Å²) < 4.78 is 0. The number of rotatable bonds is 2. The van der Waals surface area contributed by atoms with Crippen molar-refractivity contribution in [2.45, 2.75) is 40.5 Å².